The van der Waals surface area contributed by atoms with Crippen molar-refractivity contribution >= 4 is 60.0 Å². The number of nitrogens with zero attached hydrogens (tertiary/aromatic N) is 3. The quantitative estimate of drug-likeness (QED) is 0.288. The molecule has 8 aromatic rings. The summed E-state index contributed by atoms with van der Waals surface area (Å²) in [5, 5.41) is 7.18. The van der Waals surface area contributed by atoms with Gasteiger partial charge >= 0.3 is 0 Å². The zero-order valence-corrected chi connectivity index (χ0v) is 16.9. The molecule has 0 atom stereocenters. The average molecular weight is 409 g/mol. The highest BCUT2D eigenvalue weighted by Gasteiger charge is 2.20. The molecule has 8 rings (SSSR count). The van der Waals surface area contributed by atoms with Gasteiger partial charge in [-0.05, 0) is 47.5 Å². The molecular formula is C28H15N3O. The minimum absolute atomic E-state index is 0.913. The Labute approximate surface area is 181 Å². The van der Waals surface area contributed by atoms with E-state index >= 15 is 0 Å². The molecule has 0 aliphatic carbocycles. The minimum atomic E-state index is 0.913. The van der Waals surface area contributed by atoms with Crippen LogP contribution in [0.3, 0.4) is 0 Å². The van der Waals surface area contributed by atoms with Gasteiger partial charge in [0.2, 0.25) is 0 Å². The van der Waals surface area contributed by atoms with Gasteiger partial charge in [0, 0.05) is 44.7 Å². The van der Waals surface area contributed by atoms with Gasteiger partial charge in [0.25, 0.3) is 0 Å². The average Bonchev–Trinajstić information content (AvgIpc) is 3.50. The number of hydrogen-bond donors (Lipinski definition) is 0. The Balaban J connectivity index is 1.60. The van der Waals surface area contributed by atoms with E-state index in [-0.39, 0.29) is 0 Å². The summed E-state index contributed by atoms with van der Waals surface area (Å²) in [5.74, 6) is 0. The number of fused-ring (bicyclic) bond motifs is 9. The molecular weight excluding hydrogens is 394 g/mol. The van der Waals surface area contributed by atoms with Crippen molar-refractivity contribution in [2.45, 2.75) is 0 Å². The lowest BCUT2D eigenvalue weighted by Gasteiger charge is -2.06. The minimum Gasteiger partial charge on any atom is -0.456 e. The Morgan fingerprint density at radius 2 is 1.31 bits per heavy atom. The summed E-state index contributed by atoms with van der Waals surface area (Å²) in [4.78, 5) is 8.82. The molecule has 0 bridgehead atoms. The lowest BCUT2D eigenvalue weighted by atomic mass is 9.96. The van der Waals surface area contributed by atoms with E-state index in [1.807, 2.05) is 36.9 Å². The number of benzene rings is 3. The maximum absolute atomic E-state index is 6.16. The predicted molar refractivity (Wildman–Crippen MR) is 129 cm³/mol. The van der Waals surface area contributed by atoms with Gasteiger partial charge in [-0.15, -0.1) is 0 Å². The van der Waals surface area contributed by atoms with E-state index in [2.05, 4.69) is 69.0 Å². The summed E-state index contributed by atoms with van der Waals surface area (Å²) in [6.45, 7) is 0. The maximum atomic E-state index is 6.16. The third-order valence-electron chi connectivity index (χ3n) is 6.71. The molecule has 32 heavy (non-hydrogen) atoms. The Morgan fingerprint density at radius 3 is 2.06 bits per heavy atom. The van der Waals surface area contributed by atoms with Gasteiger partial charge in [-0.25, -0.2) is 0 Å². The van der Waals surface area contributed by atoms with Crippen molar-refractivity contribution in [1.82, 2.24) is 14.4 Å². The van der Waals surface area contributed by atoms with Gasteiger partial charge in [-0.2, -0.15) is 0 Å². The largest absolute Gasteiger partial charge is 0.456 e. The Morgan fingerprint density at radius 1 is 0.625 bits per heavy atom. The van der Waals surface area contributed by atoms with Gasteiger partial charge in [0.15, 0.2) is 0 Å². The summed E-state index contributed by atoms with van der Waals surface area (Å²) < 4.78 is 8.46. The van der Waals surface area contributed by atoms with E-state index < -0.39 is 0 Å². The molecule has 5 heterocycles. The molecule has 0 saturated heterocycles. The van der Waals surface area contributed by atoms with Crippen LogP contribution in [0.4, 0.5) is 0 Å². The summed E-state index contributed by atoms with van der Waals surface area (Å²) in [6.07, 6.45) is 7.64. The fraction of sp³-hybridized carbons (Fsp3) is 0. The number of hydrogen-bond acceptors (Lipinski definition) is 3. The van der Waals surface area contributed by atoms with Crippen LogP contribution in [0, 0.1) is 0 Å². The zero-order valence-electron chi connectivity index (χ0n) is 16.9. The monoisotopic (exact) mass is 409 g/mol. The summed E-state index contributed by atoms with van der Waals surface area (Å²) in [5.41, 5.74) is 7.65. The first-order valence-electron chi connectivity index (χ1n) is 10.7. The highest BCUT2D eigenvalue weighted by atomic mass is 16.3. The fourth-order valence-electron chi connectivity index (χ4n) is 5.41. The molecule has 0 saturated carbocycles. The Bertz CT molecular complexity index is 1910. The lowest BCUT2D eigenvalue weighted by Crippen LogP contribution is -1.81. The number of aromatic nitrogens is 3. The van der Waals surface area contributed by atoms with Crippen LogP contribution in [0.25, 0.3) is 71.2 Å². The van der Waals surface area contributed by atoms with Gasteiger partial charge in [-0.1, -0.05) is 30.3 Å². The first kappa shape index (κ1) is 16.3. The van der Waals surface area contributed by atoms with Crippen molar-refractivity contribution in [3.05, 3.63) is 91.5 Å². The molecule has 0 amide bonds. The van der Waals surface area contributed by atoms with Crippen LogP contribution in [-0.4, -0.2) is 14.4 Å². The zero-order chi connectivity index (χ0) is 20.8. The number of furan rings is 1. The third-order valence-corrected chi connectivity index (χ3v) is 6.71. The van der Waals surface area contributed by atoms with Crippen LogP contribution >= 0.6 is 0 Å². The van der Waals surface area contributed by atoms with Crippen LogP contribution in [0.2, 0.25) is 0 Å². The van der Waals surface area contributed by atoms with Crippen molar-refractivity contribution in [3.8, 4) is 11.1 Å². The van der Waals surface area contributed by atoms with Crippen molar-refractivity contribution in [2.24, 2.45) is 0 Å². The topological polar surface area (TPSA) is 43.3 Å². The summed E-state index contributed by atoms with van der Waals surface area (Å²) in [6, 6.07) is 23.4. The molecule has 5 aromatic heterocycles. The van der Waals surface area contributed by atoms with Crippen LogP contribution in [0.1, 0.15) is 0 Å². The third kappa shape index (κ3) is 1.88. The highest BCUT2D eigenvalue weighted by molar-refractivity contribution is 6.25. The van der Waals surface area contributed by atoms with Gasteiger partial charge in [0.05, 0.1) is 28.9 Å². The second kappa shape index (κ2) is 5.62. The van der Waals surface area contributed by atoms with E-state index in [4.69, 9.17) is 4.42 Å². The Hall–Kier alpha value is -4.44. The molecule has 4 nitrogen and oxygen atoms in total. The Kier molecular flexibility index (Phi) is 2.86. The standard InChI is InChI=1S/C28H15N3O/c1-2-6-25-20(4-1)27-17(5-3-7-26(27)32-25)16-12-21-18-8-10-29-14-23(18)31-24-15-30-11-9-19(24)22(13-16)28(21)31/h1-15H. The first-order chi connectivity index (χ1) is 15.9. The van der Waals surface area contributed by atoms with Gasteiger partial charge < -0.3 is 8.82 Å². The van der Waals surface area contributed by atoms with Crippen molar-refractivity contribution in [2.75, 3.05) is 0 Å². The molecule has 0 unspecified atom stereocenters. The first-order valence-corrected chi connectivity index (χ1v) is 10.7. The van der Waals surface area contributed by atoms with Gasteiger partial charge in [0.1, 0.15) is 11.2 Å². The van der Waals surface area contributed by atoms with Crippen LogP contribution in [0.5, 0.6) is 0 Å². The molecule has 3 aromatic carbocycles. The molecule has 0 aliphatic heterocycles. The van der Waals surface area contributed by atoms with Crippen LogP contribution in [-0.2, 0) is 0 Å². The summed E-state index contributed by atoms with van der Waals surface area (Å²) in [7, 11) is 0. The number of para-hydroxylation sites is 1. The highest BCUT2D eigenvalue weighted by Crippen LogP contribution is 2.43. The van der Waals surface area contributed by atoms with Crippen molar-refractivity contribution in [3.63, 3.8) is 0 Å². The summed E-state index contributed by atoms with van der Waals surface area (Å²) >= 11 is 0. The van der Waals surface area contributed by atoms with E-state index in [0.717, 1.165) is 33.0 Å². The van der Waals surface area contributed by atoms with Crippen LogP contribution in [0.15, 0.2) is 95.9 Å². The van der Waals surface area contributed by atoms with E-state index in [1.165, 1.54) is 38.2 Å². The molecule has 0 aliphatic rings. The molecule has 0 fully saturated rings. The second-order valence-electron chi connectivity index (χ2n) is 8.32. The smallest absolute Gasteiger partial charge is 0.136 e. The van der Waals surface area contributed by atoms with E-state index in [1.54, 1.807) is 0 Å². The number of rotatable bonds is 1. The number of pyridine rings is 2. The SMILES string of the molecule is c1ccc2c(c1)oc1cccc(-c3cc4c5ccncc5n5c6cnccc6c(c3)c45)c12. The fourth-order valence-corrected chi connectivity index (χ4v) is 5.41. The van der Waals surface area contributed by atoms with Gasteiger partial charge in [-0.3, -0.25) is 9.97 Å². The van der Waals surface area contributed by atoms with Crippen molar-refractivity contribution in [1.29, 1.82) is 0 Å². The van der Waals surface area contributed by atoms with Crippen molar-refractivity contribution < 1.29 is 4.42 Å². The molecule has 0 N–H and O–H groups in total. The maximum Gasteiger partial charge on any atom is 0.136 e. The second-order valence-corrected chi connectivity index (χ2v) is 8.32. The molecule has 4 heteroatoms. The van der Waals surface area contributed by atoms with E-state index in [9.17, 15) is 0 Å². The predicted octanol–water partition coefficient (Wildman–Crippen LogP) is 7.19. The molecule has 0 spiro atoms. The van der Waals surface area contributed by atoms with Crippen LogP contribution < -0.4 is 0 Å². The molecule has 148 valence electrons. The lowest BCUT2D eigenvalue weighted by molar-refractivity contribution is 0.669. The normalized spacial score (nSPS) is 12.4. The van der Waals surface area contributed by atoms with E-state index in [0.29, 0.717) is 0 Å². The molecule has 0 radical (unpaired) electrons.